The first-order valence-corrected chi connectivity index (χ1v) is 5.81. The quantitative estimate of drug-likeness (QED) is 0.790. The number of carbonyl (C=O) groups excluding carboxylic acids is 1. The van der Waals surface area contributed by atoms with Gasteiger partial charge in [0.1, 0.15) is 5.82 Å². The number of hydrogen-bond donors (Lipinski definition) is 1. The van der Waals surface area contributed by atoms with Crippen molar-refractivity contribution in [3.63, 3.8) is 0 Å². The number of nitrogens with one attached hydrogen (secondary N) is 1. The van der Waals surface area contributed by atoms with Crippen molar-refractivity contribution >= 4 is 23.2 Å². The van der Waals surface area contributed by atoms with Crippen LogP contribution in [-0.4, -0.2) is 5.91 Å². The molecule has 1 aromatic carbocycles. The fourth-order valence-electron chi connectivity index (χ4n) is 1.88. The molecule has 1 heterocycles. The van der Waals surface area contributed by atoms with Gasteiger partial charge in [-0.1, -0.05) is 6.92 Å². The highest BCUT2D eigenvalue weighted by molar-refractivity contribution is 6.20. The first-order valence-electron chi connectivity index (χ1n) is 5.38. The van der Waals surface area contributed by atoms with E-state index in [1.54, 1.807) is 6.07 Å². The first kappa shape index (κ1) is 11.4. The summed E-state index contributed by atoms with van der Waals surface area (Å²) in [6.45, 7) is 1.92. The number of carbonyl (C=O) groups is 1. The maximum absolute atomic E-state index is 13.7. The molecule has 0 saturated carbocycles. The number of fused-ring (bicyclic) bond motifs is 1. The Morgan fingerprint density at radius 1 is 1.50 bits per heavy atom. The van der Waals surface area contributed by atoms with E-state index in [2.05, 4.69) is 5.32 Å². The van der Waals surface area contributed by atoms with Gasteiger partial charge in [-0.3, -0.25) is 4.79 Å². The van der Waals surface area contributed by atoms with E-state index in [9.17, 15) is 9.18 Å². The molecule has 1 unspecified atom stereocenters. The molecule has 86 valence electrons. The third-order valence-electron chi connectivity index (χ3n) is 2.81. The Bertz CT molecular complexity index is 433. The average Bonchev–Trinajstić information content (AvgIpc) is 2.27. The number of halogens is 2. The lowest BCUT2D eigenvalue weighted by Crippen LogP contribution is -2.19. The molecule has 0 spiro atoms. The van der Waals surface area contributed by atoms with Crippen LogP contribution >= 0.6 is 11.6 Å². The van der Waals surface area contributed by atoms with Crippen LogP contribution in [0.15, 0.2) is 12.1 Å². The summed E-state index contributed by atoms with van der Waals surface area (Å²) in [6, 6.07) is 3.14. The van der Waals surface area contributed by atoms with Gasteiger partial charge in [-0.2, -0.15) is 0 Å². The smallest absolute Gasteiger partial charge is 0.224 e. The molecule has 1 aliphatic heterocycles. The Labute approximate surface area is 98.8 Å². The molecule has 1 aliphatic rings. The molecule has 0 fully saturated rings. The largest absolute Gasteiger partial charge is 0.326 e. The maximum Gasteiger partial charge on any atom is 0.224 e. The molecular weight excluding hydrogens is 229 g/mol. The molecule has 0 aliphatic carbocycles. The van der Waals surface area contributed by atoms with Gasteiger partial charge in [0.2, 0.25) is 5.91 Å². The summed E-state index contributed by atoms with van der Waals surface area (Å²) >= 11 is 6.04. The van der Waals surface area contributed by atoms with Crippen molar-refractivity contribution in [2.24, 2.45) is 0 Å². The summed E-state index contributed by atoms with van der Waals surface area (Å²) in [5.41, 5.74) is 2.08. The van der Waals surface area contributed by atoms with Crippen LogP contribution in [0.25, 0.3) is 0 Å². The van der Waals surface area contributed by atoms with E-state index in [1.165, 1.54) is 6.07 Å². The molecule has 1 aromatic rings. The van der Waals surface area contributed by atoms with Crippen LogP contribution in [-0.2, 0) is 11.2 Å². The van der Waals surface area contributed by atoms with Gasteiger partial charge in [0, 0.05) is 17.7 Å². The molecule has 2 nitrogen and oxygen atoms in total. The summed E-state index contributed by atoms with van der Waals surface area (Å²) in [5.74, 6) is -0.402. The monoisotopic (exact) mass is 241 g/mol. The minimum absolute atomic E-state index is 0.0578. The topological polar surface area (TPSA) is 29.1 Å². The second-order valence-electron chi connectivity index (χ2n) is 3.95. The second-order valence-corrected chi connectivity index (χ2v) is 4.48. The number of rotatable bonds is 2. The van der Waals surface area contributed by atoms with Crippen molar-refractivity contribution in [3.8, 4) is 0 Å². The van der Waals surface area contributed by atoms with Crippen LogP contribution in [0.3, 0.4) is 0 Å². The zero-order valence-electron chi connectivity index (χ0n) is 9.02. The Hall–Kier alpha value is -1.09. The van der Waals surface area contributed by atoms with Gasteiger partial charge in [-0.25, -0.2) is 4.39 Å². The van der Waals surface area contributed by atoms with Crippen LogP contribution in [0.5, 0.6) is 0 Å². The van der Waals surface area contributed by atoms with E-state index >= 15 is 0 Å². The van der Waals surface area contributed by atoms with Crippen LogP contribution in [0, 0.1) is 5.82 Å². The second kappa shape index (κ2) is 4.42. The Morgan fingerprint density at radius 3 is 2.94 bits per heavy atom. The van der Waals surface area contributed by atoms with E-state index in [-0.39, 0.29) is 17.1 Å². The number of alkyl halides is 1. The molecule has 1 N–H and O–H groups in total. The third-order valence-corrected chi connectivity index (χ3v) is 3.36. The Balaban J connectivity index is 2.41. The first-order chi connectivity index (χ1) is 7.61. The van der Waals surface area contributed by atoms with Crippen molar-refractivity contribution in [2.45, 2.75) is 31.6 Å². The summed E-state index contributed by atoms with van der Waals surface area (Å²) < 4.78 is 13.7. The van der Waals surface area contributed by atoms with Crippen LogP contribution in [0.2, 0.25) is 0 Å². The Morgan fingerprint density at radius 2 is 2.25 bits per heavy atom. The van der Waals surface area contributed by atoms with Crippen molar-refractivity contribution in [3.05, 3.63) is 29.1 Å². The molecule has 4 heteroatoms. The molecular formula is C12H13ClFNO. The minimum atomic E-state index is -0.345. The van der Waals surface area contributed by atoms with Gasteiger partial charge < -0.3 is 5.32 Å². The van der Waals surface area contributed by atoms with E-state index < -0.39 is 0 Å². The summed E-state index contributed by atoms with van der Waals surface area (Å²) in [6.07, 6.45) is 1.79. The zero-order valence-corrected chi connectivity index (χ0v) is 9.77. The Kier molecular flexibility index (Phi) is 3.15. The number of benzene rings is 1. The van der Waals surface area contributed by atoms with Crippen LogP contribution < -0.4 is 5.32 Å². The molecule has 2 rings (SSSR count). The van der Waals surface area contributed by atoms with Gasteiger partial charge >= 0.3 is 0 Å². The number of aryl methyl sites for hydroxylation is 1. The fraction of sp³-hybridized carbons (Fsp3) is 0.417. The van der Waals surface area contributed by atoms with Crippen LogP contribution in [0.1, 0.15) is 36.3 Å². The highest BCUT2D eigenvalue weighted by Crippen LogP contribution is 2.32. The number of hydrogen-bond acceptors (Lipinski definition) is 1. The molecule has 16 heavy (non-hydrogen) atoms. The predicted octanol–water partition coefficient (Wildman–Crippen LogP) is 3.40. The summed E-state index contributed by atoms with van der Waals surface area (Å²) in [5, 5.41) is 2.36. The van der Waals surface area contributed by atoms with E-state index in [0.717, 1.165) is 5.56 Å². The van der Waals surface area contributed by atoms with Crippen molar-refractivity contribution < 1.29 is 9.18 Å². The van der Waals surface area contributed by atoms with Gasteiger partial charge in [-0.15, -0.1) is 11.6 Å². The van der Waals surface area contributed by atoms with Crippen molar-refractivity contribution in [1.82, 2.24) is 0 Å². The molecule has 0 radical (unpaired) electrons. The fourth-order valence-corrected chi connectivity index (χ4v) is 2.05. The summed E-state index contributed by atoms with van der Waals surface area (Å²) in [4.78, 5) is 11.2. The third kappa shape index (κ3) is 2.05. The zero-order chi connectivity index (χ0) is 11.7. The van der Waals surface area contributed by atoms with E-state index in [0.29, 0.717) is 30.5 Å². The van der Waals surface area contributed by atoms with Gasteiger partial charge in [0.05, 0.1) is 5.38 Å². The summed E-state index contributed by atoms with van der Waals surface area (Å²) in [7, 11) is 0. The SMILES string of the molecule is CCC(Cl)c1cc2c(cc1F)NC(=O)CC2. The highest BCUT2D eigenvalue weighted by Gasteiger charge is 2.19. The average molecular weight is 242 g/mol. The van der Waals surface area contributed by atoms with Crippen LogP contribution in [0.4, 0.5) is 10.1 Å². The lowest BCUT2D eigenvalue weighted by atomic mass is 9.98. The van der Waals surface area contributed by atoms with E-state index in [4.69, 9.17) is 11.6 Å². The lowest BCUT2D eigenvalue weighted by Gasteiger charge is -2.19. The molecule has 0 saturated heterocycles. The van der Waals surface area contributed by atoms with Gasteiger partial charge in [0.15, 0.2) is 0 Å². The van der Waals surface area contributed by atoms with Crippen molar-refractivity contribution in [2.75, 3.05) is 5.32 Å². The molecule has 1 atom stereocenters. The molecule has 0 aromatic heterocycles. The van der Waals surface area contributed by atoms with Crippen molar-refractivity contribution in [1.29, 1.82) is 0 Å². The van der Waals surface area contributed by atoms with Gasteiger partial charge in [0.25, 0.3) is 0 Å². The highest BCUT2D eigenvalue weighted by atomic mass is 35.5. The number of amides is 1. The van der Waals surface area contributed by atoms with Gasteiger partial charge in [-0.05, 0) is 30.5 Å². The van der Waals surface area contributed by atoms with E-state index in [1.807, 2.05) is 6.92 Å². The normalized spacial score (nSPS) is 16.6. The predicted molar refractivity (Wildman–Crippen MR) is 62.2 cm³/mol. The maximum atomic E-state index is 13.7. The lowest BCUT2D eigenvalue weighted by molar-refractivity contribution is -0.116. The molecule has 1 amide bonds. The minimum Gasteiger partial charge on any atom is -0.326 e. The standard InChI is InChI=1S/C12H13ClFNO/c1-2-9(13)8-5-7-3-4-12(16)15-11(7)6-10(8)14/h5-6,9H,2-4H2,1H3,(H,15,16). The number of anilines is 1. The molecule has 0 bridgehead atoms.